The van der Waals surface area contributed by atoms with Crippen LogP contribution in [0.3, 0.4) is 0 Å². The third-order valence-corrected chi connectivity index (χ3v) is 4.69. The molecule has 0 saturated heterocycles. The molecule has 0 amide bonds. The van der Waals surface area contributed by atoms with Crippen LogP contribution in [0.15, 0.2) is 35.2 Å². The quantitative estimate of drug-likeness (QED) is 0.826. The molecule has 1 nitrogen and oxygen atoms in total. The van der Waals surface area contributed by atoms with E-state index >= 15 is 0 Å². The van der Waals surface area contributed by atoms with Gasteiger partial charge in [-0.25, -0.2) is 0 Å². The molecule has 0 aromatic heterocycles. The first-order chi connectivity index (χ1) is 7.18. The van der Waals surface area contributed by atoms with Gasteiger partial charge in [0.25, 0.3) is 0 Å². The standard InChI is InChI=1S/C13H18OS/c1-13(14)10-6-5-9-12(13)15-11-7-3-2-4-8-11/h2-4,7-8,12,14H,5-6,9-10H2,1H3/t12-,13-/m0/s1. The Labute approximate surface area is 95.9 Å². The smallest absolute Gasteiger partial charge is 0.0741 e. The number of hydrogen-bond acceptors (Lipinski definition) is 2. The van der Waals surface area contributed by atoms with E-state index in [4.69, 9.17) is 0 Å². The lowest BCUT2D eigenvalue weighted by atomic mass is 9.86. The molecule has 1 aliphatic carbocycles. The predicted molar refractivity (Wildman–Crippen MR) is 65.2 cm³/mol. The zero-order valence-corrected chi connectivity index (χ0v) is 9.96. The Balaban J connectivity index is 2.05. The first-order valence-corrected chi connectivity index (χ1v) is 6.50. The van der Waals surface area contributed by atoms with Crippen molar-refractivity contribution >= 4 is 11.8 Å². The second kappa shape index (κ2) is 4.58. The molecule has 0 radical (unpaired) electrons. The summed E-state index contributed by atoms with van der Waals surface area (Å²) in [6.45, 7) is 1.98. The summed E-state index contributed by atoms with van der Waals surface area (Å²) < 4.78 is 0. The fraction of sp³-hybridized carbons (Fsp3) is 0.538. The Hall–Kier alpha value is -0.470. The molecule has 1 saturated carbocycles. The van der Waals surface area contributed by atoms with E-state index in [-0.39, 0.29) is 0 Å². The molecule has 1 aromatic carbocycles. The van der Waals surface area contributed by atoms with Crippen molar-refractivity contribution in [2.75, 3.05) is 0 Å². The van der Waals surface area contributed by atoms with Gasteiger partial charge in [-0.2, -0.15) is 0 Å². The molecule has 1 aromatic rings. The van der Waals surface area contributed by atoms with Crippen molar-refractivity contribution in [3.8, 4) is 0 Å². The Kier molecular flexibility index (Phi) is 3.37. The molecule has 1 fully saturated rings. The maximum absolute atomic E-state index is 10.3. The van der Waals surface area contributed by atoms with Crippen LogP contribution in [0.25, 0.3) is 0 Å². The first kappa shape index (κ1) is 11.0. The fourth-order valence-corrected chi connectivity index (χ4v) is 3.43. The maximum atomic E-state index is 10.3. The summed E-state index contributed by atoms with van der Waals surface area (Å²) in [4.78, 5) is 1.27. The molecule has 2 rings (SSSR count). The van der Waals surface area contributed by atoms with E-state index in [9.17, 15) is 5.11 Å². The molecule has 82 valence electrons. The van der Waals surface area contributed by atoms with E-state index < -0.39 is 5.60 Å². The van der Waals surface area contributed by atoms with Crippen LogP contribution in [0.5, 0.6) is 0 Å². The van der Waals surface area contributed by atoms with Crippen LogP contribution in [-0.2, 0) is 0 Å². The van der Waals surface area contributed by atoms with Gasteiger partial charge in [-0.1, -0.05) is 31.0 Å². The average molecular weight is 222 g/mol. The van der Waals surface area contributed by atoms with Crippen molar-refractivity contribution < 1.29 is 5.11 Å². The van der Waals surface area contributed by atoms with Gasteiger partial charge in [-0.15, -0.1) is 11.8 Å². The lowest BCUT2D eigenvalue weighted by Gasteiger charge is -2.36. The maximum Gasteiger partial charge on any atom is 0.0741 e. The Morgan fingerprint density at radius 2 is 2.00 bits per heavy atom. The zero-order chi connectivity index (χ0) is 10.7. The van der Waals surface area contributed by atoms with Crippen LogP contribution in [0.2, 0.25) is 0 Å². The van der Waals surface area contributed by atoms with Gasteiger partial charge in [0.05, 0.1) is 5.60 Å². The minimum atomic E-state index is -0.487. The second-order valence-electron chi connectivity index (χ2n) is 4.52. The minimum absolute atomic E-state index is 0.355. The molecule has 2 atom stereocenters. The van der Waals surface area contributed by atoms with Crippen molar-refractivity contribution in [1.29, 1.82) is 0 Å². The van der Waals surface area contributed by atoms with Gasteiger partial charge in [0.15, 0.2) is 0 Å². The van der Waals surface area contributed by atoms with Gasteiger partial charge in [-0.3, -0.25) is 0 Å². The lowest BCUT2D eigenvalue weighted by Crippen LogP contribution is -2.39. The first-order valence-electron chi connectivity index (χ1n) is 5.62. The van der Waals surface area contributed by atoms with Crippen LogP contribution >= 0.6 is 11.8 Å². The number of rotatable bonds is 2. The van der Waals surface area contributed by atoms with Gasteiger partial charge in [0, 0.05) is 10.1 Å². The molecular weight excluding hydrogens is 204 g/mol. The summed E-state index contributed by atoms with van der Waals surface area (Å²) in [6, 6.07) is 10.4. The number of thioether (sulfide) groups is 1. The Morgan fingerprint density at radius 3 is 2.67 bits per heavy atom. The van der Waals surface area contributed by atoms with Crippen LogP contribution in [0, 0.1) is 0 Å². The topological polar surface area (TPSA) is 20.2 Å². The van der Waals surface area contributed by atoms with Crippen molar-refractivity contribution in [3.05, 3.63) is 30.3 Å². The molecule has 15 heavy (non-hydrogen) atoms. The molecule has 0 aliphatic heterocycles. The average Bonchev–Trinajstić information content (AvgIpc) is 2.23. The normalized spacial score (nSPS) is 31.5. The van der Waals surface area contributed by atoms with Crippen molar-refractivity contribution in [1.82, 2.24) is 0 Å². The highest BCUT2D eigenvalue weighted by Gasteiger charge is 2.34. The van der Waals surface area contributed by atoms with Gasteiger partial charge in [-0.05, 0) is 31.9 Å². The molecule has 1 aliphatic rings. The van der Waals surface area contributed by atoms with Crippen molar-refractivity contribution in [3.63, 3.8) is 0 Å². The van der Waals surface area contributed by atoms with E-state index in [0.29, 0.717) is 5.25 Å². The summed E-state index contributed by atoms with van der Waals surface area (Å²) in [5.41, 5.74) is -0.487. The minimum Gasteiger partial charge on any atom is -0.389 e. The summed E-state index contributed by atoms with van der Waals surface area (Å²) in [6.07, 6.45) is 4.49. The third-order valence-electron chi connectivity index (χ3n) is 3.11. The lowest BCUT2D eigenvalue weighted by molar-refractivity contribution is 0.0291. The SMILES string of the molecule is C[C@]1(O)CCCC[C@@H]1Sc1ccccc1. The molecule has 1 N–H and O–H groups in total. The highest BCUT2D eigenvalue weighted by Crippen LogP contribution is 2.39. The van der Waals surface area contributed by atoms with Crippen LogP contribution in [0.1, 0.15) is 32.6 Å². The van der Waals surface area contributed by atoms with Crippen LogP contribution in [-0.4, -0.2) is 16.0 Å². The molecule has 2 heteroatoms. The number of hydrogen-bond donors (Lipinski definition) is 1. The summed E-state index contributed by atoms with van der Waals surface area (Å²) in [5, 5.41) is 10.6. The van der Waals surface area contributed by atoms with Crippen LogP contribution < -0.4 is 0 Å². The van der Waals surface area contributed by atoms with Gasteiger partial charge in [0.2, 0.25) is 0 Å². The van der Waals surface area contributed by atoms with Crippen LogP contribution in [0.4, 0.5) is 0 Å². The Bertz CT molecular complexity index is 308. The summed E-state index contributed by atoms with van der Waals surface area (Å²) in [5.74, 6) is 0. The van der Waals surface area contributed by atoms with Gasteiger partial charge in [0.1, 0.15) is 0 Å². The molecular formula is C13H18OS. The number of aliphatic hydroxyl groups is 1. The highest BCUT2D eigenvalue weighted by atomic mass is 32.2. The van der Waals surface area contributed by atoms with E-state index in [0.717, 1.165) is 12.8 Å². The van der Waals surface area contributed by atoms with E-state index in [2.05, 4.69) is 24.3 Å². The highest BCUT2D eigenvalue weighted by molar-refractivity contribution is 8.00. The summed E-state index contributed by atoms with van der Waals surface area (Å²) in [7, 11) is 0. The van der Waals surface area contributed by atoms with E-state index in [1.165, 1.54) is 17.7 Å². The molecule has 0 spiro atoms. The summed E-state index contributed by atoms with van der Waals surface area (Å²) >= 11 is 1.82. The van der Waals surface area contributed by atoms with Gasteiger partial charge < -0.3 is 5.11 Å². The predicted octanol–water partition coefficient (Wildman–Crippen LogP) is 3.47. The zero-order valence-electron chi connectivity index (χ0n) is 9.15. The third kappa shape index (κ3) is 2.76. The fourth-order valence-electron chi connectivity index (χ4n) is 2.13. The molecule has 0 bridgehead atoms. The Morgan fingerprint density at radius 1 is 1.27 bits per heavy atom. The van der Waals surface area contributed by atoms with E-state index in [1.807, 2.05) is 24.8 Å². The van der Waals surface area contributed by atoms with E-state index in [1.54, 1.807) is 0 Å². The monoisotopic (exact) mass is 222 g/mol. The second-order valence-corrected chi connectivity index (χ2v) is 5.80. The molecule has 0 heterocycles. The van der Waals surface area contributed by atoms with Crippen molar-refractivity contribution in [2.24, 2.45) is 0 Å². The largest absolute Gasteiger partial charge is 0.389 e. The van der Waals surface area contributed by atoms with Gasteiger partial charge >= 0.3 is 0 Å². The molecule has 0 unspecified atom stereocenters. The number of benzene rings is 1. The van der Waals surface area contributed by atoms with Crippen molar-refractivity contribution in [2.45, 2.75) is 48.4 Å².